The van der Waals surface area contributed by atoms with Crippen molar-refractivity contribution in [2.24, 2.45) is 0 Å². The van der Waals surface area contributed by atoms with Crippen LogP contribution in [0.15, 0.2) is 23.0 Å². The van der Waals surface area contributed by atoms with Crippen molar-refractivity contribution in [1.82, 2.24) is 14.3 Å². The van der Waals surface area contributed by atoms with E-state index in [1.165, 1.54) is 4.68 Å². The first-order valence-electron chi connectivity index (χ1n) is 6.54. The molecule has 1 aromatic carbocycles. The van der Waals surface area contributed by atoms with Gasteiger partial charge in [-0.1, -0.05) is 17.7 Å². The molecule has 0 fully saturated rings. The smallest absolute Gasteiger partial charge is 0.279 e. The van der Waals surface area contributed by atoms with Gasteiger partial charge in [-0.3, -0.25) is 4.57 Å². The maximum Gasteiger partial charge on any atom is 0.346 e. The van der Waals surface area contributed by atoms with Crippen LogP contribution in [-0.2, 0) is 19.5 Å². The molecule has 2 aromatic rings. The third kappa shape index (κ3) is 2.23. The van der Waals surface area contributed by atoms with Gasteiger partial charge in [0.2, 0.25) is 0 Å². The molecule has 0 aliphatic carbocycles. The molecule has 1 aromatic heterocycles. The summed E-state index contributed by atoms with van der Waals surface area (Å²) in [5.41, 5.74) is 1.22. The molecule has 20 heavy (non-hydrogen) atoms. The lowest BCUT2D eigenvalue weighted by Gasteiger charge is -2.09. The van der Waals surface area contributed by atoms with E-state index < -0.39 is 0 Å². The van der Waals surface area contributed by atoms with E-state index in [4.69, 9.17) is 16.9 Å². The number of hydrogen-bond donors (Lipinski definition) is 0. The molecule has 5 nitrogen and oxygen atoms in total. The highest BCUT2D eigenvalue weighted by Crippen LogP contribution is 2.18. The summed E-state index contributed by atoms with van der Waals surface area (Å²) >= 11 is 6.14. The molecule has 2 heterocycles. The SMILES string of the molecule is N#Cc1ccc(Cn2nc3n(c2=O)CCCC3)c(Cl)c1. The molecular weight excluding hydrogens is 276 g/mol. The monoisotopic (exact) mass is 288 g/mol. The van der Waals surface area contributed by atoms with E-state index in [-0.39, 0.29) is 5.69 Å². The minimum atomic E-state index is -0.0832. The first-order valence-corrected chi connectivity index (χ1v) is 6.92. The number of halogens is 1. The van der Waals surface area contributed by atoms with Gasteiger partial charge in [-0.05, 0) is 30.5 Å². The number of hydrogen-bond acceptors (Lipinski definition) is 3. The lowest BCUT2D eigenvalue weighted by Crippen LogP contribution is -2.27. The Morgan fingerprint density at radius 3 is 2.95 bits per heavy atom. The van der Waals surface area contributed by atoms with Crippen LogP contribution in [0.5, 0.6) is 0 Å². The number of fused-ring (bicyclic) bond motifs is 1. The summed E-state index contributed by atoms with van der Waals surface area (Å²) < 4.78 is 3.19. The van der Waals surface area contributed by atoms with Gasteiger partial charge in [-0.15, -0.1) is 0 Å². The molecule has 1 aliphatic rings. The molecule has 0 atom stereocenters. The molecule has 0 radical (unpaired) electrons. The summed E-state index contributed by atoms with van der Waals surface area (Å²) in [7, 11) is 0. The minimum absolute atomic E-state index is 0.0832. The van der Waals surface area contributed by atoms with Crippen LogP contribution in [0.1, 0.15) is 29.8 Å². The fourth-order valence-corrected chi connectivity index (χ4v) is 2.70. The van der Waals surface area contributed by atoms with Crippen LogP contribution in [0.4, 0.5) is 0 Å². The van der Waals surface area contributed by atoms with Gasteiger partial charge in [-0.2, -0.15) is 10.4 Å². The average molecular weight is 289 g/mol. The Balaban J connectivity index is 1.94. The van der Waals surface area contributed by atoms with E-state index in [1.54, 1.807) is 22.8 Å². The predicted molar refractivity (Wildman–Crippen MR) is 74.7 cm³/mol. The summed E-state index contributed by atoms with van der Waals surface area (Å²) in [5, 5.41) is 13.7. The molecular formula is C14H13ClN4O. The van der Waals surface area contributed by atoms with Crippen molar-refractivity contribution in [2.75, 3.05) is 0 Å². The number of benzene rings is 1. The average Bonchev–Trinajstić information content (AvgIpc) is 2.78. The highest BCUT2D eigenvalue weighted by molar-refractivity contribution is 6.31. The molecule has 0 unspecified atom stereocenters. The van der Waals surface area contributed by atoms with Gasteiger partial charge in [0, 0.05) is 18.0 Å². The molecule has 0 amide bonds. The van der Waals surface area contributed by atoms with Crippen LogP contribution in [0, 0.1) is 11.3 Å². The number of aromatic nitrogens is 3. The van der Waals surface area contributed by atoms with Crippen molar-refractivity contribution in [1.29, 1.82) is 5.26 Å². The number of rotatable bonds is 2. The fraction of sp³-hybridized carbons (Fsp3) is 0.357. The van der Waals surface area contributed by atoms with Gasteiger partial charge in [0.25, 0.3) is 0 Å². The number of aryl methyl sites for hydroxylation is 1. The molecule has 102 valence electrons. The zero-order valence-electron chi connectivity index (χ0n) is 10.8. The lowest BCUT2D eigenvalue weighted by molar-refractivity contribution is 0.511. The van der Waals surface area contributed by atoms with Gasteiger partial charge >= 0.3 is 5.69 Å². The van der Waals surface area contributed by atoms with Crippen molar-refractivity contribution >= 4 is 11.6 Å². The maximum atomic E-state index is 12.2. The predicted octanol–water partition coefficient (Wildman–Crippen LogP) is 1.95. The highest BCUT2D eigenvalue weighted by atomic mass is 35.5. The van der Waals surface area contributed by atoms with E-state index >= 15 is 0 Å². The number of nitriles is 1. The van der Waals surface area contributed by atoms with Gasteiger partial charge in [0.1, 0.15) is 5.82 Å². The largest absolute Gasteiger partial charge is 0.346 e. The van der Waals surface area contributed by atoms with Crippen LogP contribution < -0.4 is 5.69 Å². The normalized spacial score (nSPS) is 13.8. The van der Waals surface area contributed by atoms with Crippen LogP contribution in [0.2, 0.25) is 5.02 Å². The second-order valence-corrected chi connectivity index (χ2v) is 5.29. The Bertz CT molecular complexity index is 754. The zero-order valence-corrected chi connectivity index (χ0v) is 11.6. The second kappa shape index (κ2) is 5.14. The van der Waals surface area contributed by atoms with E-state index in [0.717, 1.165) is 37.2 Å². The van der Waals surface area contributed by atoms with Crippen LogP contribution in [0.3, 0.4) is 0 Å². The summed E-state index contributed by atoms with van der Waals surface area (Å²) in [6.07, 6.45) is 2.95. The van der Waals surface area contributed by atoms with Crippen molar-refractivity contribution in [3.63, 3.8) is 0 Å². The van der Waals surface area contributed by atoms with Crippen LogP contribution in [-0.4, -0.2) is 14.3 Å². The zero-order chi connectivity index (χ0) is 14.1. The Labute approximate surface area is 121 Å². The van der Waals surface area contributed by atoms with E-state index in [2.05, 4.69) is 5.10 Å². The van der Waals surface area contributed by atoms with Gasteiger partial charge < -0.3 is 0 Å². The van der Waals surface area contributed by atoms with Crippen molar-refractivity contribution in [2.45, 2.75) is 32.4 Å². The van der Waals surface area contributed by atoms with Crippen molar-refractivity contribution < 1.29 is 0 Å². The fourth-order valence-electron chi connectivity index (χ4n) is 2.46. The topological polar surface area (TPSA) is 63.6 Å². The molecule has 6 heteroatoms. The summed E-state index contributed by atoms with van der Waals surface area (Å²) in [5.74, 6) is 0.853. The van der Waals surface area contributed by atoms with Gasteiger partial charge in [-0.25, -0.2) is 9.48 Å². The standard InChI is InChI=1S/C14H13ClN4O/c15-12-7-10(8-16)4-5-11(12)9-19-14(20)18-6-2-1-3-13(18)17-19/h4-5,7H,1-3,6,9H2. The van der Waals surface area contributed by atoms with E-state index in [9.17, 15) is 4.79 Å². The first-order chi connectivity index (χ1) is 9.69. The lowest BCUT2D eigenvalue weighted by atomic mass is 10.1. The Kier molecular flexibility index (Phi) is 3.33. The third-order valence-corrected chi connectivity index (χ3v) is 3.89. The molecule has 1 aliphatic heterocycles. The molecule has 0 saturated heterocycles. The summed E-state index contributed by atoms with van der Waals surface area (Å²) in [6.45, 7) is 1.08. The summed E-state index contributed by atoms with van der Waals surface area (Å²) in [6, 6.07) is 7.11. The molecule has 0 saturated carbocycles. The Hall–Kier alpha value is -2.06. The molecule has 0 N–H and O–H groups in total. The second-order valence-electron chi connectivity index (χ2n) is 4.88. The van der Waals surface area contributed by atoms with Crippen LogP contribution >= 0.6 is 11.6 Å². The molecule has 0 spiro atoms. The van der Waals surface area contributed by atoms with Crippen LogP contribution in [0.25, 0.3) is 0 Å². The maximum absolute atomic E-state index is 12.2. The highest BCUT2D eigenvalue weighted by Gasteiger charge is 2.17. The van der Waals surface area contributed by atoms with E-state index in [0.29, 0.717) is 17.1 Å². The van der Waals surface area contributed by atoms with Crippen molar-refractivity contribution in [3.05, 3.63) is 50.7 Å². The molecule has 0 bridgehead atoms. The van der Waals surface area contributed by atoms with Gasteiger partial charge in [0.05, 0.1) is 18.2 Å². The van der Waals surface area contributed by atoms with Gasteiger partial charge in [0.15, 0.2) is 0 Å². The summed E-state index contributed by atoms with van der Waals surface area (Å²) in [4.78, 5) is 12.2. The molecule has 3 rings (SSSR count). The Morgan fingerprint density at radius 2 is 2.25 bits per heavy atom. The van der Waals surface area contributed by atoms with Crippen molar-refractivity contribution in [3.8, 4) is 6.07 Å². The first kappa shape index (κ1) is 12.9. The Morgan fingerprint density at radius 1 is 1.40 bits per heavy atom. The minimum Gasteiger partial charge on any atom is -0.279 e. The quantitative estimate of drug-likeness (QED) is 0.848. The third-order valence-electron chi connectivity index (χ3n) is 3.53. The number of nitrogens with zero attached hydrogens (tertiary/aromatic N) is 4. The van der Waals surface area contributed by atoms with E-state index in [1.807, 2.05) is 6.07 Å².